The Morgan fingerprint density at radius 2 is 1.40 bits per heavy atom. The van der Waals surface area contributed by atoms with Crippen LogP contribution >= 0.6 is 0 Å². The summed E-state index contributed by atoms with van der Waals surface area (Å²) in [4.78, 5) is 0. The molecule has 0 spiro atoms. The SMILES string of the molecule is C=CC(N)(CC)c1ccc(-n2c3ccccc3c3ccccc32)cc1. The lowest BCUT2D eigenvalue weighted by Crippen LogP contribution is -2.33. The lowest BCUT2D eigenvalue weighted by atomic mass is 9.88. The number of para-hydroxylation sites is 2. The molecular weight excluding hydrogens is 304 g/mol. The third-order valence-corrected chi connectivity index (χ3v) is 5.19. The molecule has 0 bridgehead atoms. The van der Waals surface area contributed by atoms with Crippen molar-refractivity contribution in [3.05, 3.63) is 91.0 Å². The number of hydrogen-bond donors (Lipinski definition) is 1. The predicted molar refractivity (Wildman–Crippen MR) is 107 cm³/mol. The van der Waals surface area contributed by atoms with E-state index in [0.717, 1.165) is 17.7 Å². The van der Waals surface area contributed by atoms with Crippen LogP contribution in [0.4, 0.5) is 0 Å². The molecule has 0 aliphatic rings. The lowest BCUT2D eigenvalue weighted by molar-refractivity contribution is 0.542. The predicted octanol–water partition coefficient (Wildman–Crippen LogP) is 5.53. The third-order valence-electron chi connectivity index (χ3n) is 5.19. The summed E-state index contributed by atoms with van der Waals surface area (Å²) in [5, 5.41) is 2.55. The van der Waals surface area contributed by atoms with Gasteiger partial charge in [0, 0.05) is 16.5 Å². The molecule has 124 valence electrons. The van der Waals surface area contributed by atoms with Crippen molar-refractivity contribution in [2.24, 2.45) is 5.73 Å². The van der Waals surface area contributed by atoms with Crippen molar-refractivity contribution in [2.45, 2.75) is 18.9 Å². The molecule has 0 radical (unpaired) electrons. The first-order chi connectivity index (χ1) is 12.2. The second kappa shape index (κ2) is 5.91. The van der Waals surface area contributed by atoms with Crippen molar-refractivity contribution < 1.29 is 0 Å². The summed E-state index contributed by atoms with van der Waals surface area (Å²) in [6.45, 7) is 5.99. The molecule has 0 fully saturated rings. The van der Waals surface area contributed by atoms with E-state index in [9.17, 15) is 0 Å². The van der Waals surface area contributed by atoms with Crippen LogP contribution in [0.1, 0.15) is 18.9 Å². The van der Waals surface area contributed by atoms with Crippen LogP contribution in [0.3, 0.4) is 0 Å². The molecule has 0 saturated heterocycles. The zero-order chi connectivity index (χ0) is 17.4. The molecular formula is C23H22N2. The summed E-state index contributed by atoms with van der Waals surface area (Å²) >= 11 is 0. The molecule has 0 saturated carbocycles. The van der Waals surface area contributed by atoms with Crippen molar-refractivity contribution in [2.75, 3.05) is 0 Å². The van der Waals surface area contributed by atoms with Gasteiger partial charge in [0.2, 0.25) is 0 Å². The Morgan fingerprint density at radius 3 is 1.88 bits per heavy atom. The summed E-state index contributed by atoms with van der Waals surface area (Å²) in [5.41, 5.74) is 10.6. The molecule has 2 N–H and O–H groups in total. The first-order valence-corrected chi connectivity index (χ1v) is 8.69. The smallest absolute Gasteiger partial charge is 0.0590 e. The van der Waals surface area contributed by atoms with Gasteiger partial charge in [-0.05, 0) is 36.2 Å². The maximum absolute atomic E-state index is 6.44. The topological polar surface area (TPSA) is 30.9 Å². The first kappa shape index (κ1) is 15.7. The molecule has 1 atom stereocenters. The van der Waals surface area contributed by atoms with Gasteiger partial charge in [0.05, 0.1) is 16.6 Å². The monoisotopic (exact) mass is 326 g/mol. The minimum atomic E-state index is -0.473. The van der Waals surface area contributed by atoms with Crippen LogP contribution in [0.5, 0.6) is 0 Å². The molecule has 3 aromatic carbocycles. The average Bonchev–Trinajstić information content (AvgIpc) is 3.02. The normalized spacial score (nSPS) is 13.8. The van der Waals surface area contributed by atoms with E-state index in [4.69, 9.17) is 5.73 Å². The van der Waals surface area contributed by atoms with E-state index in [1.807, 2.05) is 6.08 Å². The Balaban J connectivity index is 1.94. The van der Waals surface area contributed by atoms with Gasteiger partial charge < -0.3 is 10.3 Å². The summed E-state index contributed by atoms with van der Waals surface area (Å²) in [5.74, 6) is 0. The number of rotatable bonds is 4. The van der Waals surface area contributed by atoms with Crippen LogP contribution in [-0.2, 0) is 5.54 Å². The maximum Gasteiger partial charge on any atom is 0.0590 e. The molecule has 4 rings (SSSR count). The van der Waals surface area contributed by atoms with Crippen molar-refractivity contribution in [3.8, 4) is 5.69 Å². The molecule has 25 heavy (non-hydrogen) atoms. The van der Waals surface area contributed by atoms with Crippen LogP contribution in [0.15, 0.2) is 85.5 Å². The largest absolute Gasteiger partial charge is 0.318 e. The van der Waals surface area contributed by atoms with Gasteiger partial charge in [0.1, 0.15) is 0 Å². The zero-order valence-electron chi connectivity index (χ0n) is 14.4. The molecule has 2 nitrogen and oxygen atoms in total. The standard InChI is InChI=1S/C23H22N2/c1-3-23(24,4-2)17-13-15-18(16-14-17)25-21-11-7-5-9-19(21)20-10-6-8-12-22(20)25/h3,5-16H,1,4,24H2,2H3. The van der Waals surface area contributed by atoms with Gasteiger partial charge >= 0.3 is 0 Å². The molecule has 1 aromatic heterocycles. The molecule has 4 aromatic rings. The van der Waals surface area contributed by atoms with Crippen LogP contribution in [0.25, 0.3) is 27.5 Å². The van der Waals surface area contributed by atoms with E-state index < -0.39 is 5.54 Å². The van der Waals surface area contributed by atoms with Crippen LogP contribution in [0.2, 0.25) is 0 Å². The van der Waals surface area contributed by atoms with Crippen LogP contribution < -0.4 is 5.73 Å². The summed E-state index contributed by atoms with van der Waals surface area (Å²) < 4.78 is 2.31. The highest BCUT2D eigenvalue weighted by Gasteiger charge is 2.21. The molecule has 0 aliphatic carbocycles. The van der Waals surface area contributed by atoms with Gasteiger partial charge in [-0.2, -0.15) is 0 Å². The quantitative estimate of drug-likeness (QED) is 0.491. The second-order valence-corrected chi connectivity index (χ2v) is 6.51. The fourth-order valence-corrected chi connectivity index (χ4v) is 3.59. The van der Waals surface area contributed by atoms with E-state index in [-0.39, 0.29) is 0 Å². The van der Waals surface area contributed by atoms with Crippen LogP contribution in [-0.4, -0.2) is 4.57 Å². The van der Waals surface area contributed by atoms with Crippen molar-refractivity contribution in [1.29, 1.82) is 0 Å². The first-order valence-electron chi connectivity index (χ1n) is 8.69. The van der Waals surface area contributed by atoms with Gasteiger partial charge in [-0.25, -0.2) is 0 Å². The Bertz CT molecular complexity index is 1000. The maximum atomic E-state index is 6.44. The van der Waals surface area contributed by atoms with Crippen LogP contribution in [0, 0.1) is 0 Å². The fourth-order valence-electron chi connectivity index (χ4n) is 3.59. The van der Waals surface area contributed by atoms with E-state index in [0.29, 0.717) is 0 Å². The van der Waals surface area contributed by atoms with Crippen molar-refractivity contribution >= 4 is 21.8 Å². The highest BCUT2D eigenvalue weighted by Crippen LogP contribution is 2.32. The zero-order valence-corrected chi connectivity index (χ0v) is 14.4. The van der Waals surface area contributed by atoms with Gasteiger partial charge in [-0.3, -0.25) is 0 Å². The molecule has 1 unspecified atom stereocenters. The number of hydrogen-bond acceptors (Lipinski definition) is 1. The minimum absolute atomic E-state index is 0.473. The third kappa shape index (κ3) is 2.38. The molecule has 0 aliphatic heterocycles. The van der Waals surface area contributed by atoms with Gasteiger partial charge in [0.25, 0.3) is 0 Å². The Labute approximate surface area is 148 Å². The van der Waals surface area contributed by atoms with Crippen molar-refractivity contribution in [3.63, 3.8) is 0 Å². The summed E-state index contributed by atoms with van der Waals surface area (Å²) in [7, 11) is 0. The molecule has 0 amide bonds. The highest BCUT2D eigenvalue weighted by atomic mass is 15.0. The minimum Gasteiger partial charge on any atom is -0.318 e. The summed E-state index contributed by atoms with van der Waals surface area (Å²) in [6, 6.07) is 25.6. The second-order valence-electron chi connectivity index (χ2n) is 6.51. The average molecular weight is 326 g/mol. The van der Waals surface area contributed by atoms with E-state index >= 15 is 0 Å². The molecule has 2 heteroatoms. The number of benzene rings is 3. The Hall–Kier alpha value is -2.84. The number of aromatic nitrogens is 1. The number of nitrogens with zero attached hydrogens (tertiary/aromatic N) is 1. The van der Waals surface area contributed by atoms with Gasteiger partial charge in [-0.15, -0.1) is 6.58 Å². The van der Waals surface area contributed by atoms with E-state index in [1.54, 1.807) is 0 Å². The van der Waals surface area contributed by atoms with Gasteiger partial charge in [-0.1, -0.05) is 61.5 Å². The lowest BCUT2D eigenvalue weighted by Gasteiger charge is -2.24. The summed E-state index contributed by atoms with van der Waals surface area (Å²) in [6.07, 6.45) is 2.66. The number of nitrogens with two attached hydrogens (primary N) is 1. The Morgan fingerprint density at radius 1 is 0.880 bits per heavy atom. The molecule has 1 heterocycles. The Kier molecular flexibility index (Phi) is 3.70. The number of fused-ring (bicyclic) bond motifs is 3. The van der Waals surface area contributed by atoms with E-state index in [2.05, 4.69) is 90.9 Å². The van der Waals surface area contributed by atoms with Gasteiger partial charge in [0.15, 0.2) is 0 Å². The van der Waals surface area contributed by atoms with Crippen molar-refractivity contribution in [1.82, 2.24) is 4.57 Å². The fraction of sp³-hybridized carbons (Fsp3) is 0.130. The highest BCUT2D eigenvalue weighted by molar-refractivity contribution is 6.09. The van der Waals surface area contributed by atoms with E-state index in [1.165, 1.54) is 21.8 Å².